The van der Waals surface area contributed by atoms with Gasteiger partial charge in [-0.05, 0) is 49.8 Å². The van der Waals surface area contributed by atoms with Crippen LogP contribution in [0.3, 0.4) is 0 Å². The van der Waals surface area contributed by atoms with Crippen LogP contribution >= 0.6 is 0 Å². The Morgan fingerprint density at radius 2 is 1.76 bits per heavy atom. The molecule has 0 aliphatic heterocycles. The van der Waals surface area contributed by atoms with Gasteiger partial charge in [-0.2, -0.15) is 9.98 Å². The summed E-state index contributed by atoms with van der Waals surface area (Å²) in [6.45, 7) is 10.6. The SMILES string of the molecule is CCN(CC)CCNc1cc(C)nc(/N=C(/N)Nc2ccc(OCc3ccccc3)cc2)n1. The quantitative estimate of drug-likeness (QED) is 0.299. The topological polar surface area (TPSA) is 101 Å². The van der Waals surface area contributed by atoms with E-state index in [2.05, 4.69) is 44.3 Å². The molecule has 0 fully saturated rings. The van der Waals surface area contributed by atoms with Gasteiger partial charge in [0.05, 0.1) is 0 Å². The van der Waals surface area contributed by atoms with Crippen molar-refractivity contribution in [2.45, 2.75) is 27.4 Å². The van der Waals surface area contributed by atoms with E-state index in [9.17, 15) is 0 Å². The van der Waals surface area contributed by atoms with Crippen LogP contribution in [0.15, 0.2) is 65.7 Å². The number of aromatic nitrogens is 2. The number of rotatable bonds is 11. The first-order valence-electron chi connectivity index (χ1n) is 11.3. The van der Waals surface area contributed by atoms with Gasteiger partial charge in [0.25, 0.3) is 5.95 Å². The molecule has 0 radical (unpaired) electrons. The standard InChI is InChI=1S/C25H33N7O/c1-4-32(5-2)16-15-27-23-17-19(3)28-25(30-23)31-24(26)29-21-11-13-22(14-12-21)33-18-20-9-7-6-8-10-20/h6-14,17H,4-5,15-16,18H2,1-3H3,(H4,26,27,28,29,30,31). The molecule has 8 nitrogen and oxygen atoms in total. The van der Waals surface area contributed by atoms with Crippen molar-refractivity contribution in [3.8, 4) is 5.75 Å². The van der Waals surface area contributed by atoms with Gasteiger partial charge in [0.1, 0.15) is 18.2 Å². The third-order valence-corrected chi connectivity index (χ3v) is 5.07. The van der Waals surface area contributed by atoms with Crippen molar-refractivity contribution < 1.29 is 4.74 Å². The first-order chi connectivity index (χ1) is 16.1. The largest absolute Gasteiger partial charge is 0.489 e. The lowest BCUT2D eigenvalue weighted by atomic mass is 10.2. The molecule has 0 atom stereocenters. The number of hydrogen-bond donors (Lipinski definition) is 3. The summed E-state index contributed by atoms with van der Waals surface area (Å²) in [6.07, 6.45) is 0. The Morgan fingerprint density at radius 3 is 2.45 bits per heavy atom. The van der Waals surface area contributed by atoms with Gasteiger partial charge < -0.3 is 26.0 Å². The molecule has 0 aliphatic carbocycles. The van der Waals surface area contributed by atoms with Crippen LogP contribution in [0.4, 0.5) is 17.5 Å². The average Bonchev–Trinajstić information content (AvgIpc) is 2.82. The molecular weight excluding hydrogens is 414 g/mol. The number of aryl methyl sites for hydroxylation is 1. The van der Waals surface area contributed by atoms with Crippen LogP contribution in [0.1, 0.15) is 25.1 Å². The summed E-state index contributed by atoms with van der Waals surface area (Å²) >= 11 is 0. The van der Waals surface area contributed by atoms with Crippen molar-refractivity contribution in [3.63, 3.8) is 0 Å². The van der Waals surface area contributed by atoms with Crippen LogP contribution in [-0.4, -0.2) is 47.0 Å². The monoisotopic (exact) mass is 447 g/mol. The molecule has 2 aromatic carbocycles. The molecule has 4 N–H and O–H groups in total. The van der Waals surface area contributed by atoms with Crippen LogP contribution < -0.4 is 21.1 Å². The Balaban J connectivity index is 1.56. The van der Waals surface area contributed by atoms with Crippen molar-refractivity contribution in [2.75, 3.05) is 36.8 Å². The highest BCUT2D eigenvalue weighted by atomic mass is 16.5. The molecule has 0 bridgehead atoms. The Kier molecular flexibility index (Phi) is 9.02. The highest BCUT2D eigenvalue weighted by molar-refractivity contribution is 5.93. The predicted octanol–water partition coefficient (Wildman–Crippen LogP) is 4.18. The summed E-state index contributed by atoms with van der Waals surface area (Å²) in [7, 11) is 0. The van der Waals surface area contributed by atoms with Gasteiger partial charge in [0, 0.05) is 30.5 Å². The van der Waals surface area contributed by atoms with Gasteiger partial charge in [-0.25, -0.2) is 4.98 Å². The van der Waals surface area contributed by atoms with E-state index in [1.54, 1.807) is 0 Å². The summed E-state index contributed by atoms with van der Waals surface area (Å²) in [4.78, 5) is 15.5. The van der Waals surface area contributed by atoms with E-state index in [-0.39, 0.29) is 5.96 Å². The van der Waals surface area contributed by atoms with Crippen LogP contribution in [0.25, 0.3) is 0 Å². The number of aliphatic imine (C=N–C) groups is 1. The first-order valence-corrected chi connectivity index (χ1v) is 11.3. The zero-order chi connectivity index (χ0) is 23.5. The molecule has 0 spiro atoms. The maximum absolute atomic E-state index is 6.09. The number of guanidine groups is 1. The zero-order valence-corrected chi connectivity index (χ0v) is 19.6. The summed E-state index contributed by atoms with van der Waals surface area (Å²) in [5, 5.41) is 6.41. The van der Waals surface area contributed by atoms with Gasteiger partial charge in [0.2, 0.25) is 5.96 Å². The number of anilines is 2. The molecule has 8 heteroatoms. The number of nitrogens with two attached hydrogens (primary N) is 1. The highest BCUT2D eigenvalue weighted by Gasteiger charge is 2.05. The van der Waals surface area contributed by atoms with Crippen molar-refractivity contribution in [1.82, 2.24) is 14.9 Å². The summed E-state index contributed by atoms with van der Waals surface area (Å²) < 4.78 is 5.82. The van der Waals surface area contributed by atoms with Gasteiger partial charge in [0.15, 0.2) is 0 Å². The summed E-state index contributed by atoms with van der Waals surface area (Å²) in [5.74, 6) is 2.05. The second kappa shape index (κ2) is 12.4. The fraction of sp³-hybridized carbons (Fsp3) is 0.320. The van der Waals surface area contributed by atoms with E-state index in [0.29, 0.717) is 12.6 Å². The van der Waals surface area contributed by atoms with Gasteiger partial charge >= 0.3 is 0 Å². The Morgan fingerprint density at radius 1 is 1.03 bits per heavy atom. The van der Waals surface area contributed by atoms with Crippen LogP contribution in [0.2, 0.25) is 0 Å². The Hall–Kier alpha value is -3.65. The minimum atomic E-state index is 0.215. The van der Waals surface area contributed by atoms with Crippen molar-refractivity contribution >= 4 is 23.4 Å². The molecule has 0 amide bonds. The number of nitrogens with one attached hydrogen (secondary N) is 2. The minimum absolute atomic E-state index is 0.215. The fourth-order valence-corrected chi connectivity index (χ4v) is 3.23. The van der Waals surface area contributed by atoms with E-state index in [1.165, 1.54) is 0 Å². The lowest BCUT2D eigenvalue weighted by Crippen LogP contribution is -2.28. The second-order valence-electron chi connectivity index (χ2n) is 7.57. The molecular formula is C25H33N7O. The Bertz CT molecular complexity index is 1020. The summed E-state index contributed by atoms with van der Waals surface area (Å²) in [6, 6.07) is 19.5. The number of ether oxygens (including phenoxy) is 1. The van der Waals surface area contributed by atoms with E-state index in [0.717, 1.165) is 54.7 Å². The third kappa shape index (κ3) is 8.08. The first kappa shape index (κ1) is 24.0. The lowest BCUT2D eigenvalue weighted by molar-refractivity contribution is 0.306. The van der Waals surface area contributed by atoms with E-state index in [1.807, 2.05) is 67.6 Å². The smallest absolute Gasteiger partial charge is 0.254 e. The molecule has 3 aromatic rings. The molecule has 174 valence electrons. The molecule has 1 aromatic heterocycles. The predicted molar refractivity (Wildman–Crippen MR) is 135 cm³/mol. The minimum Gasteiger partial charge on any atom is -0.489 e. The molecule has 3 rings (SSSR count). The van der Waals surface area contributed by atoms with Crippen LogP contribution in [0, 0.1) is 6.92 Å². The van der Waals surface area contributed by atoms with Crippen LogP contribution in [-0.2, 0) is 6.61 Å². The van der Waals surface area contributed by atoms with Crippen molar-refractivity contribution in [1.29, 1.82) is 0 Å². The summed E-state index contributed by atoms with van der Waals surface area (Å²) in [5.41, 5.74) is 8.83. The second-order valence-corrected chi connectivity index (χ2v) is 7.57. The van der Waals surface area contributed by atoms with Gasteiger partial charge in [-0.1, -0.05) is 44.2 Å². The fourth-order valence-electron chi connectivity index (χ4n) is 3.23. The van der Waals surface area contributed by atoms with Gasteiger partial charge in [-0.15, -0.1) is 0 Å². The number of nitrogens with zero attached hydrogens (tertiary/aromatic N) is 4. The molecule has 0 aliphatic rings. The molecule has 1 heterocycles. The van der Waals surface area contributed by atoms with Crippen molar-refractivity contribution in [2.24, 2.45) is 10.7 Å². The third-order valence-electron chi connectivity index (χ3n) is 5.07. The molecule has 0 saturated heterocycles. The number of benzene rings is 2. The van der Waals surface area contributed by atoms with E-state index >= 15 is 0 Å². The highest BCUT2D eigenvalue weighted by Crippen LogP contribution is 2.18. The maximum Gasteiger partial charge on any atom is 0.254 e. The van der Waals surface area contributed by atoms with Crippen molar-refractivity contribution in [3.05, 3.63) is 71.9 Å². The maximum atomic E-state index is 6.09. The molecule has 33 heavy (non-hydrogen) atoms. The molecule has 0 unspecified atom stereocenters. The lowest BCUT2D eigenvalue weighted by Gasteiger charge is -2.18. The van der Waals surface area contributed by atoms with E-state index < -0.39 is 0 Å². The number of likely N-dealkylation sites (N-methyl/N-ethyl adjacent to an activating group) is 1. The van der Waals surface area contributed by atoms with Gasteiger partial charge in [-0.3, -0.25) is 0 Å². The Labute approximate surface area is 195 Å². The average molecular weight is 448 g/mol. The zero-order valence-electron chi connectivity index (χ0n) is 19.6. The number of hydrogen-bond acceptors (Lipinski definition) is 6. The molecule has 0 saturated carbocycles. The van der Waals surface area contributed by atoms with Crippen LogP contribution in [0.5, 0.6) is 5.75 Å². The normalized spacial score (nSPS) is 11.5. The van der Waals surface area contributed by atoms with E-state index in [4.69, 9.17) is 10.5 Å².